The molecule has 3 nitrogen and oxygen atoms in total. The zero-order valence-corrected chi connectivity index (χ0v) is 17.9. The Hall–Kier alpha value is -3.11. The van der Waals surface area contributed by atoms with Gasteiger partial charge in [-0.25, -0.2) is 0 Å². The molecular weight excluding hydrogens is 387 g/mol. The van der Waals surface area contributed by atoms with Crippen molar-refractivity contribution in [2.45, 2.75) is 26.2 Å². The molecule has 31 heavy (non-hydrogen) atoms. The smallest absolute Gasteiger partial charge is 0.119 e. The van der Waals surface area contributed by atoms with Crippen molar-refractivity contribution in [1.29, 1.82) is 0 Å². The van der Waals surface area contributed by atoms with Crippen molar-refractivity contribution in [3.63, 3.8) is 0 Å². The Balaban J connectivity index is 1.63. The van der Waals surface area contributed by atoms with Gasteiger partial charge in [-0.1, -0.05) is 48.5 Å². The number of phenols is 1. The normalized spacial score (nSPS) is 11.3. The fourth-order valence-corrected chi connectivity index (χ4v) is 4.16. The van der Waals surface area contributed by atoms with Crippen LogP contribution in [0.2, 0.25) is 0 Å². The van der Waals surface area contributed by atoms with Gasteiger partial charge in [-0.3, -0.25) is 4.39 Å². The van der Waals surface area contributed by atoms with Crippen LogP contribution in [-0.2, 0) is 12.8 Å². The van der Waals surface area contributed by atoms with E-state index in [1.165, 1.54) is 22.3 Å². The minimum absolute atomic E-state index is 0.284. The Morgan fingerprint density at radius 3 is 2.52 bits per heavy atom. The zero-order valence-electron chi connectivity index (χ0n) is 17.9. The molecule has 0 saturated carbocycles. The summed E-state index contributed by atoms with van der Waals surface area (Å²) in [7, 11) is 0. The van der Waals surface area contributed by atoms with E-state index >= 15 is 0 Å². The van der Waals surface area contributed by atoms with Gasteiger partial charge in [-0.2, -0.15) is 0 Å². The number of halogens is 1. The van der Waals surface area contributed by atoms with E-state index in [0.717, 1.165) is 35.1 Å². The van der Waals surface area contributed by atoms with Crippen LogP contribution in [0.15, 0.2) is 66.7 Å². The lowest BCUT2D eigenvalue weighted by Gasteiger charge is -2.12. The highest BCUT2D eigenvalue weighted by molar-refractivity contribution is 5.91. The van der Waals surface area contributed by atoms with Gasteiger partial charge in [-0.05, 0) is 67.7 Å². The topological polar surface area (TPSA) is 48.0 Å². The van der Waals surface area contributed by atoms with Crippen LogP contribution >= 0.6 is 0 Å². The van der Waals surface area contributed by atoms with E-state index in [4.69, 9.17) is 0 Å². The molecule has 4 heteroatoms. The van der Waals surface area contributed by atoms with Crippen LogP contribution in [0.3, 0.4) is 0 Å². The number of aromatic amines is 1. The Kier molecular flexibility index (Phi) is 6.68. The van der Waals surface area contributed by atoms with Crippen molar-refractivity contribution in [2.75, 3.05) is 19.8 Å². The van der Waals surface area contributed by atoms with Crippen LogP contribution in [0.4, 0.5) is 4.39 Å². The lowest BCUT2D eigenvalue weighted by atomic mass is 9.95. The summed E-state index contributed by atoms with van der Waals surface area (Å²) in [5.41, 5.74) is 7.86. The molecule has 1 aromatic heterocycles. The molecule has 3 N–H and O–H groups in total. The molecule has 0 aliphatic heterocycles. The average Bonchev–Trinajstić information content (AvgIpc) is 3.21. The number of aromatic hydroxyl groups is 1. The quantitative estimate of drug-likeness (QED) is 0.296. The highest BCUT2D eigenvalue weighted by Gasteiger charge is 2.14. The summed E-state index contributed by atoms with van der Waals surface area (Å²) in [6.07, 6.45) is 2.09. The predicted molar refractivity (Wildman–Crippen MR) is 127 cm³/mol. The molecule has 0 aliphatic carbocycles. The van der Waals surface area contributed by atoms with Gasteiger partial charge in [0.25, 0.3) is 0 Å². The summed E-state index contributed by atoms with van der Waals surface area (Å²) < 4.78 is 12.3. The number of phenolic OH excluding ortho intramolecular Hbond substituents is 1. The Bertz CT molecular complexity index is 1170. The molecule has 0 saturated heterocycles. The average molecular weight is 417 g/mol. The highest BCUT2D eigenvalue weighted by atomic mass is 19.1. The first kappa shape index (κ1) is 21.1. The lowest BCUT2D eigenvalue weighted by molar-refractivity contribution is 0.460. The van der Waals surface area contributed by atoms with Crippen LogP contribution in [0.1, 0.15) is 28.7 Å². The first-order chi connectivity index (χ1) is 15.2. The SMILES string of the molecule is Cc1ccccc1-c1cc2c(Cc3ccccc3CCNCCCF)c(O)ccc2[nH]1. The second-order valence-electron chi connectivity index (χ2n) is 8.01. The summed E-state index contributed by atoms with van der Waals surface area (Å²) >= 11 is 0. The van der Waals surface area contributed by atoms with Crippen molar-refractivity contribution in [3.05, 3.63) is 89.0 Å². The molecule has 4 aromatic rings. The molecule has 3 aromatic carbocycles. The Labute approximate surface area is 183 Å². The fourth-order valence-electron chi connectivity index (χ4n) is 4.16. The monoisotopic (exact) mass is 416 g/mol. The first-order valence-corrected chi connectivity index (χ1v) is 10.9. The molecule has 0 radical (unpaired) electrons. The minimum atomic E-state index is -0.284. The van der Waals surface area contributed by atoms with E-state index < -0.39 is 0 Å². The Morgan fingerprint density at radius 1 is 0.935 bits per heavy atom. The number of hydrogen-bond acceptors (Lipinski definition) is 2. The molecule has 0 unspecified atom stereocenters. The summed E-state index contributed by atoms with van der Waals surface area (Å²) in [4.78, 5) is 3.52. The van der Waals surface area contributed by atoms with E-state index in [9.17, 15) is 9.50 Å². The Morgan fingerprint density at radius 2 is 1.71 bits per heavy atom. The van der Waals surface area contributed by atoms with Gasteiger partial charge >= 0.3 is 0 Å². The third-order valence-corrected chi connectivity index (χ3v) is 5.87. The molecule has 0 spiro atoms. The summed E-state index contributed by atoms with van der Waals surface area (Å²) in [5.74, 6) is 0.318. The number of alkyl halides is 1. The first-order valence-electron chi connectivity index (χ1n) is 10.9. The molecule has 0 fully saturated rings. The summed E-state index contributed by atoms with van der Waals surface area (Å²) in [5, 5.41) is 15.1. The van der Waals surface area contributed by atoms with E-state index in [1.807, 2.05) is 30.3 Å². The molecule has 0 aliphatic rings. The van der Waals surface area contributed by atoms with Crippen LogP contribution in [-0.4, -0.2) is 29.9 Å². The largest absolute Gasteiger partial charge is 0.508 e. The van der Waals surface area contributed by atoms with Crippen molar-refractivity contribution in [1.82, 2.24) is 10.3 Å². The molecule has 1 heterocycles. The van der Waals surface area contributed by atoms with Gasteiger partial charge in [0.05, 0.1) is 6.67 Å². The second kappa shape index (κ2) is 9.80. The maximum absolute atomic E-state index is 12.3. The van der Waals surface area contributed by atoms with Crippen LogP contribution in [0.25, 0.3) is 22.2 Å². The van der Waals surface area contributed by atoms with E-state index in [0.29, 0.717) is 25.1 Å². The summed E-state index contributed by atoms with van der Waals surface area (Å²) in [6, 6.07) is 22.5. The predicted octanol–water partition coefficient (Wildman–Crippen LogP) is 5.93. The van der Waals surface area contributed by atoms with E-state index in [2.05, 4.69) is 47.6 Å². The molecule has 0 amide bonds. The third kappa shape index (κ3) is 4.80. The van der Waals surface area contributed by atoms with Crippen molar-refractivity contribution >= 4 is 10.9 Å². The molecular formula is C27H29FN2O. The van der Waals surface area contributed by atoms with Gasteiger partial charge in [0.2, 0.25) is 0 Å². The van der Waals surface area contributed by atoms with Gasteiger partial charge in [0.1, 0.15) is 5.75 Å². The van der Waals surface area contributed by atoms with Gasteiger partial charge in [-0.15, -0.1) is 0 Å². The second-order valence-corrected chi connectivity index (χ2v) is 8.01. The molecule has 0 atom stereocenters. The number of aryl methyl sites for hydroxylation is 1. The van der Waals surface area contributed by atoms with E-state index in [1.54, 1.807) is 6.07 Å². The number of benzene rings is 3. The standard InChI is InChI=1S/C27H29FN2O/c1-19-7-2-5-10-22(19)26-18-23-24(27(31)12-11-25(23)30-26)17-21-9-4-3-8-20(21)13-16-29-15-6-14-28/h2-5,7-12,18,29-31H,6,13-17H2,1H3. The third-order valence-electron chi connectivity index (χ3n) is 5.87. The zero-order chi connectivity index (χ0) is 21.6. The van der Waals surface area contributed by atoms with Gasteiger partial charge < -0.3 is 15.4 Å². The number of nitrogens with one attached hydrogen (secondary N) is 2. The lowest BCUT2D eigenvalue weighted by Crippen LogP contribution is -2.19. The van der Waals surface area contributed by atoms with Crippen molar-refractivity contribution in [3.8, 4) is 17.0 Å². The van der Waals surface area contributed by atoms with Crippen LogP contribution in [0.5, 0.6) is 5.75 Å². The number of H-pyrrole nitrogens is 1. The maximum Gasteiger partial charge on any atom is 0.119 e. The van der Waals surface area contributed by atoms with E-state index in [-0.39, 0.29) is 6.67 Å². The number of hydrogen-bond donors (Lipinski definition) is 3. The number of fused-ring (bicyclic) bond motifs is 1. The highest BCUT2D eigenvalue weighted by Crippen LogP contribution is 2.34. The van der Waals surface area contributed by atoms with Crippen LogP contribution < -0.4 is 5.32 Å². The number of rotatable bonds is 9. The minimum Gasteiger partial charge on any atom is -0.508 e. The summed E-state index contributed by atoms with van der Waals surface area (Å²) in [6.45, 7) is 3.34. The molecule has 4 rings (SSSR count). The van der Waals surface area contributed by atoms with Gasteiger partial charge in [0.15, 0.2) is 0 Å². The maximum atomic E-state index is 12.3. The number of aromatic nitrogens is 1. The van der Waals surface area contributed by atoms with Crippen molar-refractivity contribution < 1.29 is 9.50 Å². The molecule has 0 bridgehead atoms. The van der Waals surface area contributed by atoms with Crippen LogP contribution in [0, 0.1) is 6.92 Å². The molecule has 160 valence electrons. The van der Waals surface area contributed by atoms with Crippen molar-refractivity contribution in [2.24, 2.45) is 0 Å². The van der Waals surface area contributed by atoms with Gasteiger partial charge in [0, 0.05) is 34.1 Å². The fraction of sp³-hybridized carbons (Fsp3) is 0.259.